The highest BCUT2D eigenvalue weighted by atomic mass is 14.7. The minimum Gasteiger partial charge on any atom is -0.354 e. The third-order valence-corrected chi connectivity index (χ3v) is 10.2. The van der Waals surface area contributed by atoms with Crippen LogP contribution in [0.3, 0.4) is 0 Å². The summed E-state index contributed by atoms with van der Waals surface area (Å²) in [5.41, 5.74) is 15.5. The van der Waals surface area contributed by atoms with Gasteiger partial charge in [-0.1, -0.05) is 121 Å². The molecule has 2 aliphatic rings. The molecule has 0 bridgehead atoms. The summed E-state index contributed by atoms with van der Waals surface area (Å²) in [4.78, 5) is 3.84. The van der Waals surface area contributed by atoms with Gasteiger partial charge in [-0.2, -0.15) is 0 Å². The molecule has 0 amide bonds. The third-order valence-electron chi connectivity index (χ3n) is 10.2. The molecule has 1 heteroatoms. The molecule has 194 valence electrons. The molecule has 0 radical (unpaired) electrons. The van der Waals surface area contributed by atoms with Crippen molar-refractivity contribution in [3.63, 3.8) is 0 Å². The van der Waals surface area contributed by atoms with Crippen LogP contribution < -0.4 is 0 Å². The van der Waals surface area contributed by atoms with Gasteiger partial charge in [0.2, 0.25) is 0 Å². The largest absolute Gasteiger partial charge is 0.354 e. The van der Waals surface area contributed by atoms with E-state index in [1.807, 2.05) is 0 Å². The number of hydrogen-bond acceptors (Lipinski definition) is 0. The summed E-state index contributed by atoms with van der Waals surface area (Å²) in [5, 5.41) is 2.55. The number of benzene rings is 6. The van der Waals surface area contributed by atoms with Gasteiger partial charge in [0.25, 0.3) is 0 Å². The smallest absolute Gasteiger partial charge is 0.0468 e. The normalized spacial score (nSPS) is 15.5. The highest BCUT2D eigenvalue weighted by Crippen LogP contribution is 2.54. The van der Waals surface area contributed by atoms with E-state index >= 15 is 0 Å². The monoisotopic (exact) mass is 523 g/mol. The highest BCUT2D eigenvalue weighted by molar-refractivity contribution is 6.08. The molecule has 0 saturated carbocycles. The number of aromatic amines is 1. The van der Waals surface area contributed by atoms with Gasteiger partial charge < -0.3 is 4.98 Å². The topological polar surface area (TPSA) is 15.8 Å². The van der Waals surface area contributed by atoms with Crippen LogP contribution in [-0.2, 0) is 10.8 Å². The molecule has 2 aliphatic carbocycles. The first-order valence-corrected chi connectivity index (χ1v) is 14.5. The number of nitrogens with one attached hydrogen (secondary N) is 1. The first-order valence-electron chi connectivity index (χ1n) is 14.5. The summed E-state index contributed by atoms with van der Waals surface area (Å²) in [7, 11) is 0. The van der Waals surface area contributed by atoms with Crippen molar-refractivity contribution in [1.82, 2.24) is 4.98 Å². The van der Waals surface area contributed by atoms with E-state index in [9.17, 15) is 0 Å². The van der Waals surface area contributed by atoms with Crippen molar-refractivity contribution in [3.8, 4) is 22.3 Å². The first-order chi connectivity index (χ1) is 20.1. The van der Waals surface area contributed by atoms with Crippen LogP contribution >= 0.6 is 0 Å². The van der Waals surface area contributed by atoms with E-state index in [-0.39, 0.29) is 10.8 Å². The van der Waals surface area contributed by atoms with Crippen LogP contribution in [0.4, 0.5) is 0 Å². The Morgan fingerprint density at radius 2 is 0.707 bits per heavy atom. The summed E-state index contributed by atoms with van der Waals surface area (Å²) < 4.78 is 0. The number of rotatable bonds is 2. The first kappa shape index (κ1) is 22.9. The quantitative estimate of drug-likeness (QED) is 0.232. The van der Waals surface area contributed by atoms with Gasteiger partial charge in [-0.05, 0) is 81.6 Å². The molecule has 9 rings (SSSR count). The molecule has 0 unspecified atom stereocenters. The lowest BCUT2D eigenvalue weighted by Gasteiger charge is -2.28. The van der Waals surface area contributed by atoms with Crippen molar-refractivity contribution in [2.75, 3.05) is 0 Å². The second-order valence-corrected chi connectivity index (χ2v) is 12.1. The molecule has 6 aromatic carbocycles. The maximum atomic E-state index is 3.84. The van der Waals surface area contributed by atoms with E-state index in [1.165, 1.54) is 77.4 Å². The van der Waals surface area contributed by atoms with Crippen molar-refractivity contribution in [2.24, 2.45) is 0 Å². The van der Waals surface area contributed by atoms with Crippen LogP contribution in [0.15, 0.2) is 133 Å². The van der Waals surface area contributed by atoms with Gasteiger partial charge in [-0.25, -0.2) is 0 Å². The molecular weight excluding hydrogens is 494 g/mol. The molecule has 0 atom stereocenters. The Hall–Kier alpha value is -4.88. The molecule has 0 saturated heterocycles. The second-order valence-electron chi connectivity index (χ2n) is 12.1. The van der Waals surface area contributed by atoms with E-state index in [2.05, 4.69) is 152 Å². The molecule has 1 heterocycles. The zero-order valence-electron chi connectivity index (χ0n) is 23.2. The van der Waals surface area contributed by atoms with Crippen LogP contribution in [0.25, 0.3) is 44.1 Å². The molecule has 1 N–H and O–H groups in total. The average Bonchev–Trinajstić information content (AvgIpc) is 3.62. The summed E-state index contributed by atoms with van der Waals surface area (Å²) >= 11 is 0. The van der Waals surface area contributed by atoms with Crippen molar-refractivity contribution in [1.29, 1.82) is 0 Å². The average molecular weight is 524 g/mol. The summed E-state index contributed by atoms with van der Waals surface area (Å²) in [6, 6.07) is 49.7. The molecular formula is C40H29N. The van der Waals surface area contributed by atoms with E-state index in [1.54, 1.807) is 0 Å². The Balaban J connectivity index is 1.23. The molecule has 0 fully saturated rings. The molecule has 7 aromatic rings. The SMILES string of the molecule is CC1(c2ccc3c(c2)[nH]c2cc(C4(C)c5ccccc5-c5ccccc54)ccc23)c2ccccc2-c2ccccc21. The number of H-pyrrole nitrogens is 1. The Kier molecular flexibility index (Phi) is 4.39. The Morgan fingerprint density at radius 3 is 1.05 bits per heavy atom. The third kappa shape index (κ3) is 2.81. The minimum absolute atomic E-state index is 0.200. The van der Waals surface area contributed by atoms with Gasteiger partial charge in [0.15, 0.2) is 0 Å². The van der Waals surface area contributed by atoms with Gasteiger partial charge in [0, 0.05) is 32.6 Å². The van der Waals surface area contributed by atoms with Crippen molar-refractivity contribution < 1.29 is 0 Å². The van der Waals surface area contributed by atoms with Crippen molar-refractivity contribution in [2.45, 2.75) is 24.7 Å². The van der Waals surface area contributed by atoms with Gasteiger partial charge in [0.1, 0.15) is 0 Å². The van der Waals surface area contributed by atoms with Crippen molar-refractivity contribution >= 4 is 21.8 Å². The van der Waals surface area contributed by atoms with Crippen LogP contribution in [0, 0.1) is 0 Å². The fraction of sp³-hybridized carbons (Fsp3) is 0.100. The summed E-state index contributed by atoms with van der Waals surface area (Å²) in [5.74, 6) is 0. The maximum absolute atomic E-state index is 3.84. The molecule has 1 nitrogen and oxygen atoms in total. The molecule has 0 aliphatic heterocycles. The summed E-state index contributed by atoms with van der Waals surface area (Å²) in [6.07, 6.45) is 0. The van der Waals surface area contributed by atoms with E-state index in [4.69, 9.17) is 0 Å². The Bertz CT molecular complexity index is 1950. The zero-order valence-corrected chi connectivity index (χ0v) is 23.2. The van der Waals surface area contributed by atoms with Crippen LogP contribution in [0.1, 0.15) is 47.2 Å². The molecule has 41 heavy (non-hydrogen) atoms. The van der Waals surface area contributed by atoms with Gasteiger partial charge in [-0.15, -0.1) is 0 Å². The fourth-order valence-electron chi connectivity index (χ4n) is 8.06. The van der Waals surface area contributed by atoms with E-state index < -0.39 is 0 Å². The lowest BCUT2D eigenvalue weighted by Crippen LogP contribution is -2.22. The predicted octanol–water partition coefficient (Wildman–Crippen LogP) is 9.99. The lowest BCUT2D eigenvalue weighted by atomic mass is 9.74. The van der Waals surface area contributed by atoms with Gasteiger partial charge in [0.05, 0.1) is 0 Å². The molecule has 0 spiro atoms. The fourth-order valence-corrected chi connectivity index (χ4v) is 8.06. The maximum Gasteiger partial charge on any atom is 0.0468 e. The van der Waals surface area contributed by atoms with Crippen LogP contribution in [0.2, 0.25) is 0 Å². The lowest BCUT2D eigenvalue weighted by molar-refractivity contribution is 0.715. The standard InChI is InChI=1S/C40H29N/c1-39(33-15-7-3-11-27(33)28-12-4-8-16-34(28)39)25-19-21-31-32-22-20-26(24-38(32)41-37(31)23-25)40(2)35-17-9-5-13-29(35)30-14-6-10-18-36(30)40/h3-24,41H,1-2H3. The van der Waals surface area contributed by atoms with E-state index in [0.29, 0.717) is 0 Å². The Labute approximate surface area is 240 Å². The van der Waals surface area contributed by atoms with E-state index in [0.717, 1.165) is 0 Å². The van der Waals surface area contributed by atoms with Crippen molar-refractivity contribution in [3.05, 3.63) is 167 Å². The Morgan fingerprint density at radius 1 is 0.390 bits per heavy atom. The summed E-state index contributed by atoms with van der Waals surface area (Å²) in [6.45, 7) is 4.77. The highest BCUT2D eigenvalue weighted by Gasteiger charge is 2.42. The predicted molar refractivity (Wildman–Crippen MR) is 171 cm³/mol. The number of aromatic nitrogens is 1. The van der Waals surface area contributed by atoms with Gasteiger partial charge in [-0.3, -0.25) is 0 Å². The zero-order chi connectivity index (χ0) is 27.3. The number of fused-ring (bicyclic) bond motifs is 9. The second kappa shape index (κ2) is 7.86. The minimum atomic E-state index is -0.200. The molecule has 1 aromatic heterocycles. The van der Waals surface area contributed by atoms with Gasteiger partial charge >= 0.3 is 0 Å². The van der Waals surface area contributed by atoms with Crippen LogP contribution in [-0.4, -0.2) is 4.98 Å². The number of hydrogen-bond donors (Lipinski definition) is 1. The van der Waals surface area contributed by atoms with Crippen LogP contribution in [0.5, 0.6) is 0 Å².